The SMILES string of the molecule is CCS(=O)(=O)N1C[C@@H]2CN(Cc3cccnc3)C[C@]2(c2nc(C)no2)C1. The zero-order valence-corrected chi connectivity index (χ0v) is 15.8. The van der Waals surface area contributed by atoms with E-state index in [4.69, 9.17) is 4.52 Å². The van der Waals surface area contributed by atoms with Gasteiger partial charge in [0.25, 0.3) is 0 Å². The summed E-state index contributed by atoms with van der Waals surface area (Å²) in [5.41, 5.74) is 0.702. The van der Waals surface area contributed by atoms with Gasteiger partial charge >= 0.3 is 0 Å². The molecule has 2 atom stereocenters. The van der Waals surface area contributed by atoms with E-state index in [0.29, 0.717) is 31.3 Å². The van der Waals surface area contributed by atoms with Crippen LogP contribution in [0.2, 0.25) is 0 Å². The Hall–Kier alpha value is -1.84. The minimum absolute atomic E-state index is 0.109. The van der Waals surface area contributed by atoms with E-state index in [1.54, 1.807) is 24.3 Å². The van der Waals surface area contributed by atoms with E-state index in [0.717, 1.165) is 18.7 Å². The Kier molecular flexibility index (Phi) is 4.32. The number of pyridine rings is 1. The van der Waals surface area contributed by atoms with Gasteiger partial charge in [-0.3, -0.25) is 9.88 Å². The van der Waals surface area contributed by atoms with Gasteiger partial charge in [-0.2, -0.15) is 4.98 Å². The van der Waals surface area contributed by atoms with Crippen molar-refractivity contribution >= 4 is 10.0 Å². The van der Waals surface area contributed by atoms with E-state index in [-0.39, 0.29) is 11.7 Å². The average molecular weight is 377 g/mol. The Morgan fingerprint density at radius 1 is 1.35 bits per heavy atom. The zero-order chi connectivity index (χ0) is 18.4. The van der Waals surface area contributed by atoms with Gasteiger partial charge in [0, 0.05) is 51.0 Å². The Balaban J connectivity index is 1.63. The molecule has 4 heterocycles. The second-order valence-corrected chi connectivity index (χ2v) is 9.48. The van der Waals surface area contributed by atoms with Crippen molar-refractivity contribution in [2.45, 2.75) is 25.8 Å². The van der Waals surface area contributed by atoms with Gasteiger partial charge in [-0.15, -0.1) is 0 Å². The third-order valence-electron chi connectivity index (χ3n) is 5.49. The molecule has 0 spiro atoms. The molecule has 8 nitrogen and oxygen atoms in total. The average Bonchev–Trinajstić information content (AvgIpc) is 3.28. The summed E-state index contributed by atoms with van der Waals surface area (Å²) in [5, 5.41) is 3.95. The van der Waals surface area contributed by atoms with Crippen molar-refractivity contribution < 1.29 is 12.9 Å². The maximum Gasteiger partial charge on any atom is 0.235 e. The molecular weight excluding hydrogens is 354 g/mol. The van der Waals surface area contributed by atoms with E-state index < -0.39 is 15.4 Å². The van der Waals surface area contributed by atoms with Crippen molar-refractivity contribution in [2.75, 3.05) is 31.9 Å². The molecule has 2 aliphatic heterocycles. The number of sulfonamides is 1. The highest BCUT2D eigenvalue weighted by molar-refractivity contribution is 7.89. The summed E-state index contributed by atoms with van der Waals surface area (Å²) >= 11 is 0. The fraction of sp³-hybridized carbons (Fsp3) is 0.588. The Morgan fingerprint density at radius 3 is 2.85 bits per heavy atom. The van der Waals surface area contributed by atoms with Gasteiger partial charge in [0.05, 0.1) is 11.2 Å². The van der Waals surface area contributed by atoms with Crippen LogP contribution in [0.5, 0.6) is 0 Å². The fourth-order valence-corrected chi connectivity index (χ4v) is 5.39. The van der Waals surface area contributed by atoms with Crippen molar-refractivity contribution in [1.29, 1.82) is 0 Å². The van der Waals surface area contributed by atoms with E-state index in [2.05, 4.69) is 26.1 Å². The topological polar surface area (TPSA) is 92.4 Å². The zero-order valence-electron chi connectivity index (χ0n) is 15.0. The van der Waals surface area contributed by atoms with E-state index >= 15 is 0 Å². The normalized spacial score (nSPS) is 27.1. The van der Waals surface area contributed by atoms with Crippen molar-refractivity contribution in [3.8, 4) is 0 Å². The first-order chi connectivity index (χ1) is 12.4. The maximum absolute atomic E-state index is 12.4. The lowest BCUT2D eigenvalue weighted by molar-refractivity contribution is 0.244. The van der Waals surface area contributed by atoms with Crippen LogP contribution in [0.4, 0.5) is 0 Å². The first-order valence-corrected chi connectivity index (χ1v) is 10.4. The van der Waals surface area contributed by atoms with Gasteiger partial charge in [-0.25, -0.2) is 12.7 Å². The Morgan fingerprint density at radius 2 is 2.19 bits per heavy atom. The molecule has 0 saturated carbocycles. The number of rotatable bonds is 5. The number of fused-ring (bicyclic) bond motifs is 1. The first-order valence-electron chi connectivity index (χ1n) is 8.83. The predicted octanol–water partition coefficient (Wildman–Crippen LogP) is 0.808. The summed E-state index contributed by atoms with van der Waals surface area (Å²) in [6.07, 6.45) is 3.63. The number of nitrogens with zero attached hydrogens (tertiary/aromatic N) is 5. The lowest BCUT2D eigenvalue weighted by Crippen LogP contribution is -2.40. The van der Waals surface area contributed by atoms with Crippen LogP contribution in [-0.2, 0) is 22.0 Å². The molecule has 26 heavy (non-hydrogen) atoms. The van der Waals surface area contributed by atoms with Crippen molar-refractivity contribution in [3.05, 3.63) is 41.8 Å². The molecule has 2 aromatic rings. The number of hydrogen-bond acceptors (Lipinski definition) is 7. The molecule has 9 heteroatoms. The summed E-state index contributed by atoms with van der Waals surface area (Å²) in [5.74, 6) is 1.39. The van der Waals surface area contributed by atoms with Crippen LogP contribution in [0.15, 0.2) is 29.0 Å². The minimum atomic E-state index is -3.24. The van der Waals surface area contributed by atoms with Gasteiger partial charge in [0.15, 0.2) is 5.82 Å². The quantitative estimate of drug-likeness (QED) is 0.761. The van der Waals surface area contributed by atoms with Crippen LogP contribution in [0.1, 0.15) is 24.2 Å². The molecule has 0 amide bonds. The lowest BCUT2D eigenvalue weighted by Gasteiger charge is -2.25. The summed E-state index contributed by atoms with van der Waals surface area (Å²) in [6.45, 7) is 6.65. The molecule has 0 aliphatic carbocycles. The van der Waals surface area contributed by atoms with Crippen LogP contribution in [0.3, 0.4) is 0 Å². The molecule has 0 aromatic carbocycles. The van der Waals surface area contributed by atoms with Gasteiger partial charge in [-0.05, 0) is 25.5 Å². The Labute approximate surface area is 153 Å². The van der Waals surface area contributed by atoms with Crippen molar-refractivity contribution in [1.82, 2.24) is 24.3 Å². The van der Waals surface area contributed by atoms with Gasteiger partial charge in [0.1, 0.15) is 0 Å². The van der Waals surface area contributed by atoms with Crippen LogP contribution in [-0.4, -0.2) is 64.7 Å². The third kappa shape index (κ3) is 2.93. The number of likely N-dealkylation sites (tertiary alicyclic amines) is 1. The monoisotopic (exact) mass is 377 g/mol. The van der Waals surface area contributed by atoms with E-state index in [9.17, 15) is 8.42 Å². The highest BCUT2D eigenvalue weighted by atomic mass is 32.2. The van der Waals surface area contributed by atoms with Crippen LogP contribution < -0.4 is 0 Å². The maximum atomic E-state index is 12.4. The Bertz CT molecular complexity index is 885. The van der Waals surface area contributed by atoms with Crippen LogP contribution in [0.25, 0.3) is 0 Å². The molecular formula is C17H23N5O3S. The summed E-state index contributed by atoms with van der Waals surface area (Å²) in [7, 11) is -3.24. The molecule has 2 saturated heterocycles. The van der Waals surface area contributed by atoms with E-state index in [1.807, 2.05) is 12.3 Å². The third-order valence-corrected chi connectivity index (χ3v) is 7.28. The smallest absolute Gasteiger partial charge is 0.235 e. The largest absolute Gasteiger partial charge is 0.339 e. The second kappa shape index (κ2) is 6.40. The minimum Gasteiger partial charge on any atom is -0.339 e. The molecule has 2 aliphatic rings. The molecule has 4 rings (SSSR count). The molecule has 0 unspecified atom stereocenters. The summed E-state index contributed by atoms with van der Waals surface area (Å²) in [4.78, 5) is 11.0. The van der Waals surface area contributed by atoms with Crippen molar-refractivity contribution in [2.24, 2.45) is 5.92 Å². The van der Waals surface area contributed by atoms with E-state index in [1.165, 1.54) is 0 Å². The second-order valence-electron chi connectivity index (χ2n) is 7.22. The fourth-order valence-electron chi connectivity index (χ4n) is 4.19. The standard InChI is InChI=1S/C17H23N5O3S/c1-3-26(23,24)22-10-15-9-21(8-14-5-4-6-18-7-14)11-17(15,12-22)16-19-13(2)20-25-16/h4-7,15H,3,8-12H2,1-2H3/t15-,17-/m0/s1. The van der Waals surface area contributed by atoms with Gasteiger partial charge < -0.3 is 4.52 Å². The highest BCUT2D eigenvalue weighted by Gasteiger charge is 2.58. The highest BCUT2D eigenvalue weighted by Crippen LogP contribution is 2.45. The predicted molar refractivity (Wildman–Crippen MR) is 94.8 cm³/mol. The summed E-state index contributed by atoms with van der Waals surface area (Å²) in [6, 6.07) is 3.98. The van der Waals surface area contributed by atoms with Crippen LogP contribution in [0, 0.1) is 12.8 Å². The number of aryl methyl sites for hydroxylation is 1. The lowest BCUT2D eigenvalue weighted by atomic mass is 9.81. The molecule has 2 aromatic heterocycles. The first kappa shape index (κ1) is 17.6. The van der Waals surface area contributed by atoms with Crippen LogP contribution >= 0.6 is 0 Å². The molecule has 0 bridgehead atoms. The molecule has 0 N–H and O–H groups in total. The number of aromatic nitrogens is 3. The molecule has 2 fully saturated rings. The van der Waals surface area contributed by atoms with Gasteiger partial charge in [0.2, 0.25) is 15.9 Å². The summed E-state index contributed by atoms with van der Waals surface area (Å²) < 4.78 is 32.0. The van der Waals surface area contributed by atoms with Gasteiger partial charge in [-0.1, -0.05) is 11.2 Å². The van der Waals surface area contributed by atoms with Crippen molar-refractivity contribution in [3.63, 3.8) is 0 Å². The molecule has 140 valence electrons. The number of hydrogen-bond donors (Lipinski definition) is 0. The molecule has 0 radical (unpaired) electrons.